The predicted molar refractivity (Wildman–Crippen MR) is 102 cm³/mol. The van der Waals surface area contributed by atoms with Crippen LogP contribution in [0.1, 0.15) is 18.9 Å². The van der Waals surface area contributed by atoms with Crippen LogP contribution in [0.25, 0.3) is 0 Å². The molecule has 1 N–H and O–H groups in total. The molecule has 0 spiro atoms. The quantitative estimate of drug-likeness (QED) is 0.654. The monoisotopic (exact) mass is 421 g/mol. The first-order valence-electron chi connectivity index (χ1n) is 9.51. The van der Waals surface area contributed by atoms with Gasteiger partial charge in [0.25, 0.3) is 0 Å². The number of carboxylic acids is 1. The second-order valence-electron chi connectivity index (χ2n) is 7.91. The molecule has 3 heterocycles. The van der Waals surface area contributed by atoms with Gasteiger partial charge in [0.1, 0.15) is 5.37 Å². The molecule has 1 aromatic carbocycles. The van der Waals surface area contributed by atoms with E-state index >= 15 is 0 Å². The molecule has 9 nitrogen and oxygen atoms in total. The van der Waals surface area contributed by atoms with Crippen LogP contribution in [0.15, 0.2) is 30.3 Å². The number of carbonyl (C=O) groups is 3. The Morgan fingerprint density at radius 3 is 2.31 bits per heavy atom. The molecule has 0 aromatic heterocycles. The van der Waals surface area contributed by atoms with Crippen molar-refractivity contribution in [1.82, 2.24) is 14.7 Å². The topological polar surface area (TPSA) is 115 Å². The number of hydrogen-bond acceptors (Lipinski definition) is 6. The van der Waals surface area contributed by atoms with Crippen molar-refractivity contribution in [2.75, 3.05) is 26.2 Å². The van der Waals surface area contributed by atoms with Gasteiger partial charge in [-0.3, -0.25) is 14.5 Å². The summed E-state index contributed by atoms with van der Waals surface area (Å²) in [5, 5.41) is 8.42. The number of fused-ring (bicyclic) bond motifs is 1. The Balaban J connectivity index is 1.51. The Kier molecular flexibility index (Phi) is 4.66. The Morgan fingerprint density at radius 1 is 1.14 bits per heavy atom. The molecule has 10 heteroatoms. The minimum Gasteiger partial charge on any atom is -0.480 e. The number of carboxylic acid groups (broad SMARTS) is 1. The lowest BCUT2D eigenvalue weighted by Crippen LogP contribution is -2.63. The summed E-state index contributed by atoms with van der Waals surface area (Å²) in [6.07, 6.45) is -0.264. The molecule has 156 valence electrons. The third-order valence-electron chi connectivity index (χ3n) is 6.26. The maximum atomic E-state index is 13.3. The zero-order valence-electron chi connectivity index (χ0n) is 16.0. The van der Waals surface area contributed by atoms with Crippen LogP contribution in [0.2, 0.25) is 0 Å². The van der Waals surface area contributed by atoms with Gasteiger partial charge in [0, 0.05) is 32.7 Å². The maximum Gasteiger partial charge on any atom is 0.328 e. The fourth-order valence-corrected chi connectivity index (χ4v) is 6.90. The van der Waals surface area contributed by atoms with Gasteiger partial charge in [0.15, 0.2) is 20.6 Å². The standard InChI is InChI=1S/C19H23N3O6S/c1-19(16(17(24)25)22-14(23)11-15(22)29(19,27)28)18(26)21-9-7-20(8-10-21)12-13-5-3-2-4-6-13/h2-6,15-16H,7-12H2,1H3,(H,24,25)/t15-,16+,19-/m1/s1. The van der Waals surface area contributed by atoms with Crippen molar-refractivity contribution >= 4 is 27.6 Å². The normalized spacial score (nSPS) is 31.3. The Morgan fingerprint density at radius 2 is 1.76 bits per heavy atom. The largest absolute Gasteiger partial charge is 0.480 e. The minimum absolute atomic E-state index is 0.264. The Hall–Kier alpha value is -2.46. The van der Waals surface area contributed by atoms with E-state index in [0.717, 1.165) is 23.9 Å². The number of aliphatic carboxylic acids is 1. The molecule has 3 fully saturated rings. The van der Waals surface area contributed by atoms with Crippen molar-refractivity contribution in [3.63, 3.8) is 0 Å². The van der Waals surface area contributed by atoms with Crippen LogP contribution >= 0.6 is 0 Å². The van der Waals surface area contributed by atoms with E-state index in [-0.39, 0.29) is 6.42 Å². The number of hydrogen-bond donors (Lipinski definition) is 1. The number of carbonyl (C=O) groups excluding carboxylic acids is 2. The lowest BCUT2D eigenvalue weighted by Gasteiger charge is -2.39. The Bertz CT molecular complexity index is 957. The fraction of sp³-hybridized carbons (Fsp3) is 0.526. The summed E-state index contributed by atoms with van der Waals surface area (Å²) >= 11 is 0. The maximum absolute atomic E-state index is 13.3. The molecular formula is C19H23N3O6S. The first-order chi connectivity index (χ1) is 13.7. The Labute approximate surface area is 168 Å². The summed E-state index contributed by atoms with van der Waals surface area (Å²) in [7, 11) is -4.15. The van der Waals surface area contributed by atoms with Crippen molar-refractivity contribution in [3.05, 3.63) is 35.9 Å². The summed E-state index contributed by atoms with van der Waals surface area (Å²) in [5.74, 6) is -2.75. The van der Waals surface area contributed by atoms with Crippen molar-refractivity contribution in [1.29, 1.82) is 0 Å². The number of amides is 2. The summed E-state index contributed by atoms with van der Waals surface area (Å²) in [6, 6.07) is 8.20. The van der Waals surface area contributed by atoms with E-state index < -0.39 is 43.8 Å². The average molecular weight is 421 g/mol. The van der Waals surface area contributed by atoms with E-state index in [9.17, 15) is 27.9 Å². The third kappa shape index (κ3) is 2.84. The van der Waals surface area contributed by atoms with Crippen LogP contribution in [-0.4, -0.2) is 88.3 Å². The van der Waals surface area contributed by atoms with Gasteiger partial charge in [-0.2, -0.15) is 0 Å². The number of piperazine rings is 1. The van der Waals surface area contributed by atoms with Crippen LogP contribution in [-0.2, 0) is 30.8 Å². The van der Waals surface area contributed by atoms with Gasteiger partial charge in [0.2, 0.25) is 11.8 Å². The predicted octanol–water partition coefficient (Wildman–Crippen LogP) is -0.470. The number of nitrogens with zero attached hydrogens (tertiary/aromatic N) is 3. The highest BCUT2D eigenvalue weighted by molar-refractivity contribution is 7.94. The van der Waals surface area contributed by atoms with Crippen LogP contribution in [0.5, 0.6) is 0 Å². The molecule has 1 aromatic rings. The fourth-order valence-electron chi connectivity index (χ4n) is 4.53. The SMILES string of the molecule is C[C@]1(C(=O)N2CCN(Cc3ccccc3)CC2)[C@H](C(=O)O)N2C(=O)C[C@H]2S1(=O)=O. The second kappa shape index (κ2) is 6.81. The highest BCUT2D eigenvalue weighted by Gasteiger charge is 2.73. The van der Waals surface area contributed by atoms with Gasteiger partial charge < -0.3 is 14.9 Å². The van der Waals surface area contributed by atoms with Gasteiger partial charge in [-0.15, -0.1) is 0 Å². The van der Waals surface area contributed by atoms with Crippen LogP contribution < -0.4 is 0 Å². The van der Waals surface area contributed by atoms with Crippen molar-refractivity contribution in [2.45, 2.75) is 36.1 Å². The van der Waals surface area contributed by atoms with Gasteiger partial charge in [0.05, 0.1) is 6.42 Å². The number of rotatable bonds is 4. The lowest BCUT2D eigenvalue weighted by atomic mass is 9.94. The zero-order chi connectivity index (χ0) is 21.0. The molecule has 2 amide bonds. The lowest BCUT2D eigenvalue weighted by molar-refractivity contribution is -0.160. The van der Waals surface area contributed by atoms with E-state index in [2.05, 4.69) is 4.90 Å². The van der Waals surface area contributed by atoms with E-state index in [0.29, 0.717) is 26.2 Å². The van der Waals surface area contributed by atoms with Gasteiger partial charge in [-0.1, -0.05) is 30.3 Å². The molecule has 0 saturated carbocycles. The third-order valence-corrected chi connectivity index (χ3v) is 8.95. The average Bonchev–Trinajstić information content (AvgIpc) is 2.84. The number of sulfone groups is 1. The summed E-state index contributed by atoms with van der Waals surface area (Å²) in [6.45, 7) is 3.61. The molecule has 3 saturated heterocycles. The summed E-state index contributed by atoms with van der Waals surface area (Å²) < 4.78 is 23.9. The van der Waals surface area contributed by atoms with E-state index in [1.807, 2.05) is 30.3 Å². The highest BCUT2D eigenvalue weighted by atomic mass is 32.2. The van der Waals surface area contributed by atoms with E-state index in [4.69, 9.17) is 0 Å². The molecule has 4 rings (SSSR count). The van der Waals surface area contributed by atoms with Crippen molar-refractivity contribution in [3.8, 4) is 0 Å². The number of benzene rings is 1. The number of β-lactam (4-membered cyclic amide) rings is 1. The molecule has 3 aliphatic rings. The first kappa shape index (κ1) is 19.8. The minimum atomic E-state index is -4.15. The molecule has 3 aliphatic heterocycles. The van der Waals surface area contributed by atoms with Crippen LogP contribution in [0.3, 0.4) is 0 Å². The smallest absolute Gasteiger partial charge is 0.328 e. The summed E-state index contributed by atoms with van der Waals surface area (Å²) in [4.78, 5) is 41.4. The van der Waals surface area contributed by atoms with Crippen molar-refractivity contribution < 1.29 is 27.9 Å². The van der Waals surface area contributed by atoms with Crippen LogP contribution in [0.4, 0.5) is 0 Å². The first-order valence-corrected chi connectivity index (χ1v) is 11.1. The molecule has 3 atom stereocenters. The van der Waals surface area contributed by atoms with Gasteiger partial charge in [-0.25, -0.2) is 13.2 Å². The highest BCUT2D eigenvalue weighted by Crippen LogP contribution is 2.47. The molecule has 0 unspecified atom stereocenters. The second-order valence-corrected chi connectivity index (χ2v) is 10.4. The molecule has 29 heavy (non-hydrogen) atoms. The van der Waals surface area contributed by atoms with Crippen molar-refractivity contribution in [2.24, 2.45) is 0 Å². The zero-order valence-corrected chi connectivity index (χ0v) is 16.8. The van der Waals surface area contributed by atoms with E-state index in [1.165, 1.54) is 4.90 Å². The van der Waals surface area contributed by atoms with Gasteiger partial charge >= 0.3 is 5.97 Å². The van der Waals surface area contributed by atoms with E-state index in [1.54, 1.807) is 0 Å². The molecule has 0 bridgehead atoms. The molecule has 0 aliphatic carbocycles. The molecule has 0 radical (unpaired) electrons. The molecular weight excluding hydrogens is 398 g/mol. The summed E-state index contributed by atoms with van der Waals surface area (Å²) in [5.41, 5.74) is 1.14. The van der Waals surface area contributed by atoms with Crippen LogP contribution in [0, 0.1) is 0 Å². The van der Waals surface area contributed by atoms with Gasteiger partial charge in [-0.05, 0) is 12.5 Å².